The molecule has 0 saturated carbocycles. The molecule has 0 radical (unpaired) electrons. The van der Waals surface area contributed by atoms with Crippen LogP contribution in [0.1, 0.15) is 5.69 Å². The third-order valence-corrected chi connectivity index (χ3v) is 5.64. The van der Waals surface area contributed by atoms with Gasteiger partial charge in [0.25, 0.3) is 0 Å². The Balaban J connectivity index is 1.24. The highest BCUT2D eigenvalue weighted by atomic mass is 16.5. The molecule has 3 atom stereocenters. The number of aliphatic hydroxyl groups excluding tert-OH is 1. The minimum absolute atomic E-state index is 0.139. The molecule has 33 heavy (non-hydrogen) atoms. The van der Waals surface area contributed by atoms with Crippen LogP contribution in [0.25, 0.3) is 16.9 Å². The second kappa shape index (κ2) is 8.37. The molecular formula is C20H23N9O4. The van der Waals surface area contributed by atoms with Gasteiger partial charge in [-0.1, -0.05) is 17.3 Å². The Bertz CT molecular complexity index is 1280. The summed E-state index contributed by atoms with van der Waals surface area (Å²) in [5, 5.41) is 33.5. The number of aliphatic hydroxyl groups is 2. The van der Waals surface area contributed by atoms with E-state index in [1.54, 1.807) is 18.0 Å². The second-order valence-corrected chi connectivity index (χ2v) is 7.68. The van der Waals surface area contributed by atoms with Gasteiger partial charge in [-0.15, -0.1) is 5.10 Å². The maximum atomic E-state index is 11.2. The lowest BCUT2D eigenvalue weighted by Crippen LogP contribution is -2.48. The first-order chi connectivity index (χ1) is 16.0. The van der Waals surface area contributed by atoms with Gasteiger partial charge >= 0.3 is 0 Å². The molecule has 1 saturated heterocycles. The number of methoxy groups -OCH3 is 1. The Labute approximate surface area is 187 Å². The van der Waals surface area contributed by atoms with E-state index in [1.165, 1.54) is 17.2 Å². The molecule has 0 aliphatic carbocycles. The monoisotopic (exact) mass is 453 g/mol. The topological polar surface area (TPSA) is 171 Å². The minimum atomic E-state index is -1.74. The Kier molecular flexibility index (Phi) is 5.38. The van der Waals surface area contributed by atoms with Crippen LogP contribution in [0.15, 0.2) is 43.1 Å². The van der Waals surface area contributed by atoms with Crippen molar-refractivity contribution in [2.45, 2.75) is 24.5 Å². The Hall–Kier alpha value is -3.65. The smallest absolute Gasteiger partial charge is 0.197 e. The molecule has 1 aliphatic rings. The summed E-state index contributed by atoms with van der Waals surface area (Å²) in [5.74, 6) is 0.873. The van der Waals surface area contributed by atoms with Crippen LogP contribution in [0.2, 0.25) is 0 Å². The molecule has 13 nitrogen and oxygen atoms in total. The number of aromatic nitrogens is 7. The predicted molar refractivity (Wildman–Crippen MR) is 115 cm³/mol. The molecular weight excluding hydrogens is 430 g/mol. The Morgan fingerprint density at radius 1 is 1.30 bits per heavy atom. The molecule has 5 N–H and O–H groups in total. The lowest BCUT2D eigenvalue weighted by molar-refractivity contribution is -0.107. The molecule has 1 aromatic carbocycles. The number of para-hydroxylation sites is 2. The molecule has 3 aromatic heterocycles. The van der Waals surface area contributed by atoms with Gasteiger partial charge < -0.3 is 30.7 Å². The van der Waals surface area contributed by atoms with Gasteiger partial charge in [-0.3, -0.25) is 4.57 Å². The van der Waals surface area contributed by atoms with Gasteiger partial charge in [0.2, 0.25) is 0 Å². The van der Waals surface area contributed by atoms with Crippen molar-refractivity contribution in [3.05, 3.63) is 48.8 Å². The summed E-state index contributed by atoms with van der Waals surface area (Å²) >= 11 is 0. The third kappa shape index (κ3) is 3.66. The number of hydrogen-bond acceptors (Lipinski definition) is 11. The molecule has 4 heterocycles. The molecule has 13 heteroatoms. The first kappa shape index (κ1) is 21.2. The number of ether oxygens (including phenoxy) is 2. The molecule has 3 unspecified atom stereocenters. The van der Waals surface area contributed by atoms with Crippen molar-refractivity contribution in [2.75, 3.05) is 26.0 Å². The highest BCUT2D eigenvalue weighted by molar-refractivity contribution is 5.81. The number of imidazole rings is 1. The van der Waals surface area contributed by atoms with Crippen LogP contribution in [0.3, 0.4) is 0 Å². The average Bonchev–Trinajstić information content (AvgIpc) is 3.54. The van der Waals surface area contributed by atoms with Gasteiger partial charge in [-0.05, 0) is 12.1 Å². The van der Waals surface area contributed by atoms with Crippen molar-refractivity contribution in [1.29, 1.82) is 0 Å². The van der Waals surface area contributed by atoms with Gasteiger partial charge in [-0.2, -0.15) is 0 Å². The van der Waals surface area contributed by atoms with E-state index in [4.69, 9.17) is 15.2 Å². The van der Waals surface area contributed by atoms with E-state index in [0.717, 1.165) is 5.69 Å². The van der Waals surface area contributed by atoms with Crippen molar-refractivity contribution in [3.8, 4) is 11.4 Å². The van der Waals surface area contributed by atoms with Crippen LogP contribution < -0.4 is 15.8 Å². The van der Waals surface area contributed by atoms with Crippen molar-refractivity contribution >= 4 is 17.0 Å². The Morgan fingerprint density at radius 2 is 2.15 bits per heavy atom. The van der Waals surface area contributed by atoms with Gasteiger partial charge in [0.15, 0.2) is 17.2 Å². The van der Waals surface area contributed by atoms with Crippen LogP contribution in [-0.2, 0) is 17.0 Å². The molecule has 4 aromatic rings. The number of nitrogens with one attached hydrogen (secondary N) is 1. The van der Waals surface area contributed by atoms with Crippen molar-refractivity contribution in [2.24, 2.45) is 0 Å². The second-order valence-electron chi connectivity index (χ2n) is 7.68. The van der Waals surface area contributed by atoms with Crippen LogP contribution in [0, 0.1) is 0 Å². The van der Waals surface area contributed by atoms with Crippen LogP contribution in [0.4, 0.5) is 5.82 Å². The van der Waals surface area contributed by atoms with Gasteiger partial charge in [0.05, 0.1) is 31.9 Å². The molecule has 1 aliphatic heterocycles. The van der Waals surface area contributed by atoms with E-state index in [2.05, 4.69) is 30.6 Å². The van der Waals surface area contributed by atoms with Gasteiger partial charge in [0, 0.05) is 13.1 Å². The minimum Gasteiger partial charge on any atom is -0.494 e. The van der Waals surface area contributed by atoms with E-state index in [0.29, 0.717) is 29.2 Å². The summed E-state index contributed by atoms with van der Waals surface area (Å²) in [5.41, 5.74) is 6.20. The molecule has 0 amide bonds. The summed E-state index contributed by atoms with van der Waals surface area (Å²) in [6.07, 6.45) is 2.53. The summed E-state index contributed by atoms with van der Waals surface area (Å²) in [7, 11) is 1.60. The fraction of sp³-hybridized carbons (Fsp3) is 0.350. The lowest BCUT2D eigenvalue weighted by atomic mass is 10.1. The quantitative estimate of drug-likeness (QED) is 0.276. The van der Waals surface area contributed by atoms with Gasteiger partial charge in [0.1, 0.15) is 35.5 Å². The van der Waals surface area contributed by atoms with E-state index in [9.17, 15) is 10.2 Å². The average molecular weight is 453 g/mol. The highest BCUT2D eigenvalue weighted by Gasteiger charge is 2.50. The SMILES string of the molecule is COc1ccccc1-n1cc(CNCC2OCC(O)(n3cnc4c(N)ncnc43)C2O)nn1. The van der Waals surface area contributed by atoms with Gasteiger partial charge in [-0.25, -0.2) is 19.6 Å². The lowest BCUT2D eigenvalue weighted by Gasteiger charge is -2.27. The largest absolute Gasteiger partial charge is 0.494 e. The number of benzene rings is 1. The zero-order chi connectivity index (χ0) is 23.0. The maximum Gasteiger partial charge on any atom is 0.197 e. The normalized spacial score (nSPS) is 22.8. The number of anilines is 1. The number of nitrogens with two attached hydrogens (primary N) is 1. The fourth-order valence-corrected chi connectivity index (χ4v) is 3.88. The summed E-state index contributed by atoms with van der Waals surface area (Å²) < 4.78 is 14.0. The highest BCUT2D eigenvalue weighted by Crippen LogP contribution is 2.32. The molecule has 5 rings (SSSR count). The first-order valence-electron chi connectivity index (χ1n) is 10.2. The van der Waals surface area contributed by atoms with Crippen molar-refractivity contribution < 1.29 is 19.7 Å². The van der Waals surface area contributed by atoms with E-state index >= 15 is 0 Å². The molecule has 172 valence electrons. The number of rotatable bonds is 7. The number of nitrogens with zero attached hydrogens (tertiary/aromatic N) is 7. The predicted octanol–water partition coefficient (Wildman–Crippen LogP) is -0.808. The first-order valence-corrected chi connectivity index (χ1v) is 10.2. The molecule has 1 fully saturated rings. The van der Waals surface area contributed by atoms with Crippen molar-refractivity contribution in [1.82, 2.24) is 39.8 Å². The van der Waals surface area contributed by atoms with Crippen LogP contribution >= 0.6 is 0 Å². The van der Waals surface area contributed by atoms with Crippen LogP contribution in [0.5, 0.6) is 5.75 Å². The van der Waals surface area contributed by atoms with Crippen molar-refractivity contribution in [3.63, 3.8) is 0 Å². The fourth-order valence-electron chi connectivity index (χ4n) is 3.88. The zero-order valence-electron chi connectivity index (χ0n) is 17.7. The van der Waals surface area contributed by atoms with E-state index in [1.807, 2.05) is 24.3 Å². The molecule has 0 spiro atoms. The summed E-state index contributed by atoms with van der Waals surface area (Å²) in [6, 6.07) is 7.50. The van der Waals surface area contributed by atoms with E-state index in [-0.39, 0.29) is 19.0 Å². The maximum absolute atomic E-state index is 11.2. The molecule has 0 bridgehead atoms. The Morgan fingerprint density at radius 3 is 3.00 bits per heavy atom. The third-order valence-electron chi connectivity index (χ3n) is 5.64. The summed E-state index contributed by atoms with van der Waals surface area (Å²) in [4.78, 5) is 12.2. The zero-order valence-corrected chi connectivity index (χ0v) is 17.7. The standard InChI is InChI=1S/C20H23N9O4/c1-32-14-5-3-2-4-13(14)29-8-12(26-27-29)6-22-7-15-17(30)20(31,9-33-15)28-11-25-16-18(21)23-10-24-19(16)28/h2-5,8,10-11,15,17,22,30-31H,6-7,9H2,1H3,(H2,21,23,24). The van der Waals surface area contributed by atoms with Crippen LogP contribution in [-0.4, -0.2) is 77.2 Å². The summed E-state index contributed by atoms with van der Waals surface area (Å²) in [6.45, 7) is 0.520. The number of fused-ring (bicyclic) bond motifs is 1. The van der Waals surface area contributed by atoms with E-state index < -0.39 is 17.9 Å². The number of nitrogen functional groups attached to an aromatic ring is 1. The number of hydrogen-bond donors (Lipinski definition) is 4.